The second-order valence-corrected chi connectivity index (χ2v) is 4.20. The molecule has 0 saturated heterocycles. The maximum atomic E-state index is 11.1. The van der Waals surface area contributed by atoms with Crippen LogP contribution in [-0.2, 0) is 9.53 Å². The molecular weight excluding hydrogens is 260 g/mol. The molecule has 0 aliphatic heterocycles. The van der Waals surface area contributed by atoms with Crippen LogP contribution in [0.2, 0.25) is 0 Å². The minimum Gasteiger partial charge on any atom is -0.461 e. The Morgan fingerprint density at radius 2 is 2.12 bits per heavy atom. The van der Waals surface area contributed by atoms with E-state index in [0.29, 0.717) is 0 Å². The Balaban J connectivity index is 2.59. The van der Waals surface area contributed by atoms with E-state index in [2.05, 4.69) is 15.3 Å². The second-order valence-electron chi connectivity index (χ2n) is 2.96. The molecule has 0 amide bonds. The molecule has 17 heavy (non-hydrogen) atoms. The first kappa shape index (κ1) is 13.9. The molecule has 0 aliphatic rings. The summed E-state index contributed by atoms with van der Waals surface area (Å²) in [5.41, 5.74) is 3.44. The van der Waals surface area contributed by atoms with Crippen molar-refractivity contribution < 1.29 is 9.53 Å². The van der Waals surface area contributed by atoms with Gasteiger partial charge in [0.15, 0.2) is 0 Å². The van der Waals surface area contributed by atoms with Crippen LogP contribution in [-0.4, -0.2) is 24.0 Å². The van der Waals surface area contributed by atoms with Crippen LogP contribution >= 0.6 is 23.4 Å². The largest absolute Gasteiger partial charge is 0.461 e. The molecule has 0 aliphatic carbocycles. The number of esters is 1. The molecule has 4 nitrogen and oxygen atoms in total. The van der Waals surface area contributed by atoms with Crippen LogP contribution < -0.4 is 5.43 Å². The SMILES string of the molecule is CCOC(=O)C(Cl)=NNc1ccc(SC)cc1. The maximum absolute atomic E-state index is 11.1. The summed E-state index contributed by atoms with van der Waals surface area (Å²) in [4.78, 5) is 12.3. The average molecular weight is 273 g/mol. The lowest BCUT2D eigenvalue weighted by atomic mass is 10.3. The Kier molecular flexibility index (Phi) is 5.86. The van der Waals surface area contributed by atoms with Gasteiger partial charge < -0.3 is 4.74 Å². The van der Waals surface area contributed by atoms with Crippen LogP contribution in [0.15, 0.2) is 34.3 Å². The van der Waals surface area contributed by atoms with Crippen molar-refractivity contribution in [2.75, 3.05) is 18.3 Å². The second kappa shape index (κ2) is 7.19. The van der Waals surface area contributed by atoms with E-state index in [1.807, 2.05) is 30.5 Å². The van der Waals surface area contributed by atoms with Gasteiger partial charge in [0.05, 0.1) is 12.3 Å². The number of thioether (sulfide) groups is 1. The number of carbonyl (C=O) groups is 1. The van der Waals surface area contributed by atoms with Gasteiger partial charge in [-0.1, -0.05) is 11.6 Å². The minimum absolute atomic E-state index is 0.221. The van der Waals surface area contributed by atoms with Crippen molar-refractivity contribution in [1.29, 1.82) is 0 Å². The zero-order valence-corrected chi connectivity index (χ0v) is 11.1. The highest BCUT2D eigenvalue weighted by atomic mass is 35.5. The topological polar surface area (TPSA) is 50.7 Å². The van der Waals surface area contributed by atoms with Crippen molar-refractivity contribution in [3.05, 3.63) is 24.3 Å². The van der Waals surface area contributed by atoms with Crippen LogP contribution in [0.25, 0.3) is 0 Å². The number of benzene rings is 1. The normalized spacial score (nSPS) is 11.1. The Labute approximate surface area is 109 Å². The van der Waals surface area contributed by atoms with Crippen molar-refractivity contribution in [2.45, 2.75) is 11.8 Å². The molecule has 1 aromatic rings. The van der Waals surface area contributed by atoms with Crippen molar-refractivity contribution in [1.82, 2.24) is 0 Å². The van der Waals surface area contributed by atoms with Crippen molar-refractivity contribution in [3.8, 4) is 0 Å². The summed E-state index contributed by atoms with van der Waals surface area (Å²) in [7, 11) is 0. The molecule has 1 N–H and O–H groups in total. The lowest BCUT2D eigenvalue weighted by Crippen LogP contribution is -2.13. The molecule has 6 heteroatoms. The van der Waals surface area contributed by atoms with Gasteiger partial charge in [-0.05, 0) is 37.4 Å². The summed E-state index contributed by atoms with van der Waals surface area (Å²) >= 11 is 7.28. The van der Waals surface area contributed by atoms with Crippen LogP contribution in [0.3, 0.4) is 0 Å². The molecule has 0 bridgehead atoms. The van der Waals surface area contributed by atoms with Crippen molar-refractivity contribution in [2.24, 2.45) is 5.10 Å². The molecule has 1 rings (SSSR count). The number of halogens is 1. The molecule has 0 heterocycles. The number of hydrogen-bond donors (Lipinski definition) is 1. The molecule has 0 aromatic heterocycles. The van der Waals surface area contributed by atoms with Gasteiger partial charge >= 0.3 is 5.97 Å². The molecule has 0 atom stereocenters. The summed E-state index contributed by atoms with van der Waals surface area (Å²) < 4.78 is 4.68. The predicted molar refractivity (Wildman–Crippen MR) is 71.8 cm³/mol. The summed E-state index contributed by atoms with van der Waals surface area (Å²) in [6.45, 7) is 1.98. The van der Waals surface area contributed by atoms with Gasteiger partial charge in [-0.25, -0.2) is 4.79 Å². The maximum Gasteiger partial charge on any atom is 0.370 e. The van der Waals surface area contributed by atoms with Gasteiger partial charge in [0.25, 0.3) is 0 Å². The van der Waals surface area contributed by atoms with Gasteiger partial charge in [0.2, 0.25) is 5.17 Å². The number of anilines is 1. The standard InChI is InChI=1S/C11H13ClN2O2S/c1-3-16-11(15)10(12)14-13-8-4-6-9(17-2)7-5-8/h4-7,13H,3H2,1-2H3. The van der Waals surface area contributed by atoms with Crippen LogP contribution in [0.1, 0.15) is 6.92 Å². The molecule has 0 radical (unpaired) electrons. The first-order valence-electron chi connectivity index (χ1n) is 4.97. The van der Waals surface area contributed by atoms with Gasteiger partial charge in [0.1, 0.15) is 0 Å². The lowest BCUT2D eigenvalue weighted by Gasteiger charge is -2.02. The van der Waals surface area contributed by atoms with E-state index in [9.17, 15) is 4.79 Å². The molecular formula is C11H13ClN2O2S. The monoisotopic (exact) mass is 272 g/mol. The van der Waals surface area contributed by atoms with E-state index >= 15 is 0 Å². The number of hydrazone groups is 1. The van der Waals surface area contributed by atoms with Gasteiger partial charge in [-0.3, -0.25) is 5.43 Å². The number of carbonyl (C=O) groups excluding carboxylic acids is 1. The highest BCUT2D eigenvalue weighted by molar-refractivity contribution is 7.98. The fourth-order valence-electron chi connectivity index (χ4n) is 1.02. The van der Waals surface area contributed by atoms with E-state index in [-0.39, 0.29) is 11.8 Å². The van der Waals surface area contributed by atoms with E-state index in [0.717, 1.165) is 10.6 Å². The summed E-state index contributed by atoms with van der Waals surface area (Å²) in [6, 6.07) is 7.59. The number of rotatable bonds is 5. The van der Waals surface area contributed by atoms with Crippen LogP contribution in [0, 0.1) is 0 Å². The van der Waals surface area contributed by atoms with E-state index in [1.165, 1.54) is 0 Å². The predicted octanol–water partition coefficient (Wildman–Crippen LogP) is 2.94. The van der Waals surface area contributed by atoms with Crippen LogP contribution in [0.4, 0.5) is 5.69 Å². The third kappa shape index (κ3) is 4.66. The quantitative estimate of drug-likeness (QED) is 0.388. The lowest BCUT2D eigenvalue weighted by molar-refractivity contribution is -0.134. The van der Waals surface area contributed by atoms with E-state index in [1.54, 1.807) is 18.7 Å². The highest BCUT2D eigenvalue weighted by Gasteiger charge is 2.08. The zero-order valence-electron chi connectivity index (χ0n) is 9.57. The average Bonchev–Trinajstić information content (AvgIpc) is 2.36. The first-order valence-corrected chi connectivity index (χ1v) is 6.58. The minimum atomic E-state index is -0.637. The number of nitrogens with one attached hydrogen (secondary N) is 1. The molecule has 1 aromatic carbocycles. The van der Waals surface area contributed by atoms with Gasteiger partial charge in [-0.15, -0.1) is 11.8 Å². The Morgan fingerprint density at radius 3 is 2.65 bits per heavy atom. The Bertz CT molecular complexity index is 406. The first-order chi connectivity index (χ1) is 8.17. The van der Waals surface area contributed by atoms with E-state index < -0.39 is 5.97 Å². The molecule has 0 fully saturated rings. The van der Waals surface area contributed by atoms with Gasteiger partial charge in [-0.2, -0.15) is 5.10 Å². The molecule has 0 spiro atoms. The number of nitrogens with zero attached hydrogens (tertiary/aromatic N) is 1. The van der Waals surface area contributed by atoms with Crippen molar-refractivity contribution >= 4 is 40.2 Å². The molecule has 0 saturated carbocycles. The Morgan fingerprint density at radius 1 is 1.47 bits per heavy atom. The van der Waals surface area contributed by atoms with Crippen LogP contribution in [0.5, 0.6) is 0 Å². The molecule has 0 unspecified atom stereocenters. The number of hydrogen-bond acceptors (Lipinski definition) is 5. The summed E-state index contributed by atoms with van der Waals surface area (Å²) in [5.74, 6) is -0.637. The fraction of sp³-hybridized carbons (Fsp3) is 0.273. The summed E-state index contributed by atoms with van der Waals surface area (Å²) in [6.07, 6.45) is 2.00. The summed E-state index contributed by atoms with van der Waals surface area (Å²) in [5, 5.41) is 3.50. The van der Waals surface area contributed by atoms with Gasteiger partial charge in [0, 0.05) is 4.90 Å². The highest BCUT2D eigenvalue weighted by Crippen LogP contribution is 2.17. The number of ether oxygens (including phenoxy) is 1. The Hall–Kier alpha value is -1.20. The zero-order chi connectivity index (χ0) is 12.7. The smallest absolute Gasteiger partial charge is 0.370 e. The third-order valence-electron chi connectivity index (χ3n) is 1.82. The molecule has 92 valence electrons. The van der Waals surface area contributed by atoms with E-state index in [4.69, 9.17) is 11.6 Å². The van der Waals surface area contributed by atoms with Crippen molar-refractivity contribution in [3.63, 3.8) is 0 Å². The fourth-order valence-corrected chi connectivity index (χ4v) is 1.52. The third-order valence-corrected chi connectivity index (χ3v) is 2.80.